The van der Waals surface area contributed by atoms with Gasteiger partial charge in [0.25, 0.3) is 5.91 Å². The van der Waals surface area contributed by atoms with Crippen molar-refractivity contribution in [2.24, 2.45) is 0 Å². The van der Waals surface area contributed by atoms with E-state index in [1.54, 1.807) is 18.5 Å². The number of likely N-dealkylation sites (tertiary alicyclic amines) is 1. The zero-order valence-corrected chi connectivity index (χ0v) is 18.2. The SMILES string of the molecule is O=C(c1cccc(-c2cncnc2)n1)N1CCC[C@]2(C[C@@H](Oc3ccc(Cl)cc3)CO2)C1. The second kappa shape index (κ2) is 8.84. The Morgan fingerprint density at radius 2 is 1.97 bits per heavy atom. The number of ether oxygens (including phenoxy) is 2. The fraction of sp³-hybridized carbons (Fsp3) is 0.333. The highest BCUT2D eigenvalue weighted by molar-refractivity contribution is 6.30. The fourth-order valence-corrected chi connectivity index (χ4v) is 4.57. The molecule has 1 spiro atoms. The van der Waals surface area contributed by atoms with Gasteiger partial charge in [-0.2, -0.15) is 0 Å². The van der Waals surface area contributed by atoms with Crippen LogP contribution in [0.5, 0.6) is 5.75 Å². The lowest BCUT2D eigenvalue weighted by atomic mass is 9.89. The molecule has 0 bridgehead atoms. The van der Waals surface area contributed by atoms with E-state index in [2.05, 4.69) is 15.0 Å². The number of nitrogens with zero attached hydrogens (tertiary/aromatic N) is 4. The molecule has 4 heterocycles. The van der Waals surface area contributed by atoms with Gasteiger partial charge in [-0.25, -0.2) is 15.0 Å². The zero-order valence-electron chi connectivity index (χ0n) is 17.5. The number of halogens is 1. The first-order valence-electron chi connectivity index (χ1n) is 10.7. The molecule has 2 atom stereocenters. The lowest BCUT2D eigenvalue weighted by molar-refractivity contribution is -0.0454. The number of piperidine rings is 1. The quantitative estimate of drug-likeness (QED) is 0.597. The average molecular weight is 451 g/mol. The first kappa shape index (κ1) is 20.8. The molecule has 2 saturated heterocycles. The van der Waals surface area contributed by atoms with Crippen LogP contribution in [0, 0.1) is 0 Å². The fourth-order valence-electron chi connectivity index (χ4n) is 4.45. The van der Waals surface area contributed by atoms with Crippen molar-refractivity contribution in [3.63, 3.8) is 0 Å². The van der Waals surface area contributed by atoms with Crippen LogP contribution in [-0.4, -0.2) is 57.2 Å². The van der Waals surface area contributed by atoms with Crippen molar-refractivity contribution in [1.29, 1.82) is 0 Å². The number of pyridine rings is 1. The zero-order chi connectivity index (χ0) is 22.0. The highest BCUT2D eigenvalue weighted by Gasteiger charge is 2.45. The van der Waals surface area contributed by atoms with E-state index in [0.29, 0.717) is 36.1 Å². The van der Waals surface area contributed by atoms with Crippen LogP contribution in [0.2, 0.25) is 5.02 Å². The first-order valence-corrected chi connectivity index (χ1v) is 11.1. The molecule has 2 aliphatic rings. The summed E-state index contributed by atoms with van der Waals surface area (Å²) in [5.41, 5.74) is 1.49. The van der Waals surface area contributed by atoms with Crippen LogP contribution in [0.15, 0.2) is 61.2 Å². The maximum atomic E-state index is 13.3. The van der Waals surface area contributed by atoms with Crippen LogP contribution in [-0.2, 0) is 4.74 Å². The molecule has 1 aromatic carbocycles. The Morgan fingerprint density at radius 3 is 2.78 bits per heavy atom. The Morgan fingerprint density at radius 1 is 1.16 bits per heavy atom. The Bertz CT molecular complexity index is 1100. The van der Waals surface area contributed by atoms with Crippen LogP contribution in [0.25, 0.3) is 11.3 Å². The first-order chi connectivity index (χ1) is 15.6. The summed E-state index contributed by atoms with van der Waals surface area (Å²) < 4.78 is 12.3. The highest BCUT2D eigenvalue weighted by atomic mass is 35.5. The van der Waals surface area contributed by atoms with Crippen LogP contribution in [0.3, 0.4) is 0 Å². The van der Waals surface area contributed by atoms with Gasteiger partial charge >= 0.3 is 0 Å². The second-order valence-corrected chi connectivity index (χ2v) is 8.69. The van der Waals surface area contributed by atoms with Gasteiger partial charge in [-0.1, -0.05) is 17.7 Å². The Kier molecular flexibility index (Phi) is 5.76. The minimum Gasteiger partial charge on any atom is -0.488 e. The Balaban J connectivity index is 1.27. The Hall–Kier alpha value is -3.03. The molecule has 5 rings (SSSR count). The minimum atomic E-state index is -0.379. The average Bonchev–Trinajstić information content (AvgIpc) is 3.22. The number of hydrogen-bond donors (Lipinski definition) is 0. The molecule has 0 saturated carbocycles. The van der Waals surface area contributed by atoms with Gasteiger partial charge in [0.05, 0.1) is 24.4 Å². The maximum absolute atomic E-state index is 13.3. The molecule has 0 radical (unpaired) electrons. The third-order valence-corrected chi connectivity index (χ3v) is 6.19. The minimum absolute atomic E-state index is 0.0502. The van der Waals surface area contributed by atoms with Gasteiger partial charge in [0.1, 0.15) is 23.9 Å². The van der Waals surface area contributed by atoms with Crippen molar-refractivity contribution in [3.8, 4) is 17.0 Å². The van der Waals surface area contributed by atoms with Crippen LogP contribution < -0.4 is 4.74 Å². The van der Waals surface area contributed by atoms with Crippen molar-refractivity contribution in [1.82, 2.24) is 19.9 Å². The summed E-state index contributed by atoms with van der Waals surface area (Å²) >= 11 is 5.96. The number of carbonyl (C=O) groups is 1. The van der Waals surface area contributed by atoms with Gasteiger partial charge in [-0.15, -0.1) is 0 Å². The normalized spacial score (nSPS) is 22.8. The third kappa shape index (κ3) is 4.45. The standard InChI is InChI=1S/C24H23ClN4O3/c25-18-5-7-19(8-6-18)32-20-11-24(31-14-20)9-2-10-29(15-24)23(30)22-4-1-3-21(28-22)17-12-26-16-27-13-17/h1,3-8,12-13,16,20H,2,9-11,14-15H2/t20-,24+/m1/s1. The van der Waals surface area contributed by atoms with Gasteiger partial charge in [0.2, 0.25) is 0 Å². The Labute approximate surface area is 191 Å². The van der Waals surface area contributed by atoms with Crippen molar-refractivity contribution in [2.45, 2.75) is 31.0 Å². The van der Waals surface area contributed by atoms with E-state index in [1.807, 2.05) is 41.3 Å². The molecule has 2 fully saturated rings. The summed E-state index contributed by atoms with van der Waals surface area (Å²) in [6.07, 6.45) is 7.33. The summed E-state index contributed by atoms with van der Waals surface area (Å²) in [5.74, 6) is 0.683. The number of hydrogen-bond acceptors (Lipinski definition) is 6. The van der Waals surface area contributed by atoms with Gasteiger partial charge < -0.3 is 14.4 Å². The molecule has 8 heteroatoms. The van der Waals surface area contributed by atoms with E-state index in [4.69, 9.17) is 21.1 Å². The molecule has 0 N–H and O–H groups in total. The molecule has 3 aromatic rings. The molecule has 2 aliphatic heterocycles. The molecule has 0 aliphatic carbocycles. The molecule has 32 heavy (non-hydrogen) atoms. The molecule has 7 nitrogen and oxygen atoms in total. The van der Waals surface area contributed by atoms with E-state index in [9.17, 15) is 4.79 Å². The number of aromatic nitrogens is 3. The predicted octanol–water partition coefficient (Wildman–Crippen LogP) is 4.03. The number of amides is 1. The molecular formula is C24H23ClN4O3. The van der Waals surface area contributed by atoms with Crippen LogP contribution in [0.4, 0.5) is 0 Å². The van der Waals surface area contributed by atoms with Crippen molar-refractivity contribution in [3.05, 3.63) is 71.9 Å². The van der Waals surface area contributed by atoms with Crippen LogP contribution >= 0.6 is 11.6 Å². The molecule has 1 amide bonds. The van der Waals surface area contributed by atoms with Gasteiger partial charge in [-0.05, 0) is 49.2 Å². The second-order valence-electron chi connectivity index (χ2n) is 8.26. The highest BCUT2D eigenvalue weighted by Crippen LogP contribution is 2.36. The molecule has 164 valence electrons. The van der Waals surface area contributed by atoms with Gasteiger partial charge in [-0.3, -0.25) is 4.79 Å². The van der Waals surface area contributed by atoms with Gasteiger partial charge in [0, 0.05) is 35.9 Å². The summed E-state index contributed by atoms with van der Waals surface area (Å²) in [7, 11) is 0. The van der Waals surface area contributed by atoms with E-state index in [1.165, 1.54) is 6.33 Å². The summed E-state index contributed by atoms with van der Waals surface area (Å²) in [5, 5.41) is 0.676. The third-order valence-electron chi connectivity index (χ3n) is 5.94. The smallest absolute Gasteiger partial charge is 0.272 e. The lowest BCUT2D eigenvalue weighted by Crippen LogP contribution is -2.50. The summed E-state index contributed by atoms with van der Waals surface area (Å²) in [6, 6.07) is 12.8. The largest absolute Gasteiger partial charge is 0.488 e. The predicted molar refractivity (Wildman–Crippen MR) is 120 cm³/mol. The number of benzene rings is 1. The number of rotatable bonds is 4. The van der Waals surface area contributed by atoms with E-state index >= 15 is 0 Å². The van der Waals surface area contributed by atoms with E-state index in [0.717, 1.165) is 30.6 Å². The van der Waals surface area contributed by atoms with E-state index in [-0.39, 0.29) is 17.6 Å². The summed E-state index contributed by atoms with van der Waals surface area (Å²) in [4.78, 5) is 27.7. The van der Waals surface area contributed by atoms with Crippen molar-refractivity contribution in [2.75, 3.05) is 19.7 Å². The molecular weight excluding hydrogens is 428 g/mol. The monoisotopic (exact) mass is 450 g/mol. The van der Waals surface area contributed by atoms with E-state index < -0.39 is 0 Å². The van der Waals surface area contributed by atoms with Crippen molar-refractivity contribution < 1.29 is 14.3 Å². The van der Waals surface area contributed by atoms with Gasteiger partial charge in [0.15, 0.2) is 0 Å². The maximum Gasteiger partial charge on any atom is 0.272 e. The van der Waals surface area contributed by atoms with Crippen molar-refractivity contribution >= 4 is 17.5 Å². The summed E-state index contributed by atoms with van der Waals surface area (Å²) in [6.45, 7) is 1.73. The molecule has 2 aromatic heterocycles. The molecule has 0 unspecified atom stereocenters. The topological polar surface area (TPSA) is 77.4 Å². The van der Waals surface area contributed by atoms with Crippen LogP contribution in [0.1, 0.15) is 29.8 Å². The number of carbonyl (C=O) groups excluding carboxylic acids is 1. The lowest BCUT2D eigenvalue weighted by Gasteiger charge is -2.39.